The Kier molecular flexibility index (Phi) is 11.0. The second-order valence-electron chi connectivity index (χ2n) is 10.6. The highest BCUT2D eigenvalue weighted by molar-refractivity contribution is 8.00. The van der Waals surface area contributed by atoms with E-state index in [-0.39, 0.29) is 22.6 Å². The van der Waals surface area contributed by atoms with Gasteiger partial charge in [-0.15, -0.1) is 11.8 Å². The number of thioether (sulfide) groups is 1. The number of hydrogen-bond donors (Lipinski definition) is 5. The average Bonchev–Trinajstić information content (AvgIpc) is 3.12. The number of carbonyl (C=O) groups excluding carboxylic acids is 3. The number of aromatic carboxylic acids is 1. The standard InChI is InChI=1S/C37H28N4O8S/c42-32-19-16-27(22-30(32)37(46)47)39-36(45)33(24-8-3-1-4-9-24)50-29-13-7-12-26(21-29)38-35(44)31(40-34(43)25-10-5-2-6-11-25)20-23-14-17-28(18-15-23)41(48)49/h1-22,33,42H,(H,38,44)(H,39,45)(H,40,43)(H,46,47)/b31-20+. The zero-order chi connectivity index (χ0) is 35.6. The van der Waals surface area contributed by atoms with Crippen LogP contribution < -0.4 is 16.0 Å². The summed E-state index contributed by atoms with van der Waals surface area (Å²) in [5.41, 5.74) is 1.30. The third-order valence-electron chi connectivity index (χ3n) is 7.12. The van der Waals surface area contributed by atoms with Crippen LogP contribution in [0.1, 0.15) is 37.1 Å². The van der Waals surface area contributed by atoms with Gasteiger partial charge in [0.05, 0.1) is 4.92 Å². The summed E-state index contributed by atoms with van der Waals surface area (Å²) in [5, 5.41) is 37.6. The van der Waals surface area contributed by atoms with Crippen molar-refractivity contribution in [3.8, 4) is 5.75 Å². The van der Waals surface area contributed by atoms with Gasteiger partial charge in [0, 0.05) is 34.0 Å². The molecule has 3 amide bonds. The lowest BCUT2D eigenvalue weighted by atomic mass is 10.1. The number of carbonyl (C=O) groups is 4. The number of carboxylic acid groups (broad SMARTS) is 1. The number of aromatic hydroxyl groups is 1. The average molecular weight is 689 g/mol. The van der Waals surface area contributed by atoms with Gasteiger partial charge >= 0.3 is 5.97 Å². The number of amides is 3. The summed E-state index contributed by atoms with van der Waals surface area (Å²) < 4.78 is 0. The summed E-state index contributed by atoms with van der Waals surface area (Å²) in [6.45, 7) is 0. The third-order valence-corrected chi connectivity index (χ3v) is 8.37. The van der Waals surface area contributed by atoms with Gasteiger partial charge in [-0.25, -0.2) is 4.79 Å². The van der Waals surface area contributed by atoms with Crippen molar-refractivity contribution in [1.82, 2.24) is 5.32 Å². The van der Waals surface area contributed by atoms with Crippen LogP contribution in [0, 0.1) is 10.1 Å². The number of nitro benzene ring substituents is 1. The predicted octanol–water partition coefficient (Wildman–Crippen LogP) is 6.88. The Morgan fingerprint density at radius 3 is 2.08 bits per heavy atom. The lowest BCUT2D eigenvalue weighted by Gasteiger charge is -2.18. The second kappa shape index (κ2) is 15.9. The van der Waals surface area contributed by atoms with E-state index in [4.69, 9.17) is 0 Å². The number of nitrogens with zero attached hydrogens (tertiary/aromatic N) is 1. The highest BCUT2D eigenvalue weighted by atomic mass is 32.2. The van der Waals surface area contributed by atoms with Crippen LogP contribution in [-0.4, -0.2) is 38.8 Å². The minimum atomic E-state index is -1.35. The van der Waals surface area contributed by atoms with Gasteiger partial charge in [0.25, 0.3) is 17.5 Å². The first-order valence-corrected chi connectivity index (χ1v) is 15.8. The molecule has 5 N–H and O–H groups in total. The quantitative estimate of drug-likeness (QED) is 0.0306. The molecule has 0 bridgehead atoms. The summed E-state index contributed by atoms with van der Waals surface area (Å²) in [7, 11) is 0. The van der Waals surface area contributed by atoms with E-state index in [1.54, 1.807) is 84.9 Å². The fourth-order valence-corrected chi connectivity index (χ4v) is 5.76. The topological polar surface area (TPSA) is 188 Å². The monoisotopic (exact) mass is 688 g/mol. The molecule has 1 unspecified atom stereocenters. The van der Waals surface area contributed by atoms with Crippen molar-refractivity contribution in [1.29, 1.82) is 0 Å². The van der Waals surface area contributed by atoms with Crippen LogP contribution in [-0.2, 0) is 9.59 Å². The molecule has 250 valence electrons. The first kappa shape index (κ1) is 34.6. The Morgan fingerprint density at radius 1 is 0.760 bits per heavy atom. The maximum absolute atomic E-state index is 13.6. The van der Waals surface area contributed by atoms with Crippen molar-refractivity contribution in [3.05, 3.63) is 165 Å². The molecule has 0 aliphatic rings. The van der Waals surface area contributed by atoms with Gasteiger partial charge < -0.3 is 26.2 Å². The maximum Gasteiger partial charge on any atom is 0.339 e. The molecule has 12 nitrogen and oxygen atoms in total. The van der Waals surface area contributed by atoms with E-state index < -0.39 is 39.6 Å². The molecule has 0 saturated heterocycles. The molecule has 0 spiro atoms. The van der Waals surface area contributed by atoms with Gasteiger partial charge in [0.2, 0.25) is 5.91 Å². The normalized spacial score (nSPS) is 11.6. The SMILES string of the molecule is O=C(Nc1cccc(SC(C(=O)Nc2ccc(O)c(C(=O)O)c2)c2ccccc2)c1)/C(=C\c1ccc([N+](=O)[O-])cc1)NC(=O)c1ccccc1. The van der Waals surface area contributed by atoms with Gasteiger partial charge in [0.15, 0.2) is 0 Å². The van der Waals surface area contributed by atoms with Crippen LogP contribution in [0.2, 0.25) is 0 Å². The molecule has 0 saturated carbocycles. The Bertz CT molecular complexity index is 2090. The molecule has 0 aliphatic carbocycles. The molecule has 5 aromatic rings. The Balaban J connectivity index is 1.39. The summed E-state index contributed by atoms with van der Waals surface area (Å²) in [4.78, 5) is 62.9. The summed E-state index contributed by atoms with van der Waals surface area (Å²) in [5.74, 6) is -3.46. The van der Waals surface area contributed by atoms with Crippen LogP contribution in [0.3, 0.4) is 0 Å². The molecule has 0 aliphatic heterocycles. The highest BCUT2D eigenvalue weighted by Crippen LogP contribution is 2.37. The van der Waals surface area contributed by atoms with Crippen molar-refractivity contribution in [3.63, 3.8) is 0 Å². The largest absolute Gasteiger partial charge is 0.507 e. The Morgan fingerprint density at radius 2 is 1.42 bits per heavy atom. The van der Waals surface area contributed by atoms with E-state index in [1.165, 1.54) is 54.2 Å². The number of non-ortho nitro benzene ring substituents is 1. The van der Waals surface area contributed by atoms with Crippen molar-refractivity contribution in [2.75, 3.05) is 10.6 Å². The number of rotatable bonds is 12. The number of hydrogen-bond acceptors (Lipinski definition) is 8. The molecule has 13 heteroatoms. The Hall–Kier alpha value is -6.73. The van der Waals surface area contributed by atoms with Crippen molar-refractivity contribution in [2.24, 2.45) is 0 Å². The van der Waals surface area contributed by atoms with Gasteiger partial charge in [0.1, 0.15) is 22.3 Å². The van der Waals surface area contributed by atoms with E-state index >= 15 is 0 Å². The van der Waals surface area contributed by atoms with E-state index in [0.29, 0.717) is 27.3 Å². The number of benzene rings is 5. The molecule has 0 radical (unpaired) electrons. The number of phenols is 1. The zero-order valence-electron chi connectivity index (χ0n) is 26.0. The molecule has 5 rings (SSSR count). The van der Waals surface area contributed by atoms with Crippen molar-refractivity contribution < 1.29 is 34.3 Å². The van der Waals surface area contributed by atoms with Crippen LogP contribution in [0.4, 0.5) is 17.1 Å². The van der Waals surface area contributed by atoms with Gasteiger partial charge in [-0.1, -0.05) is 54.6 Å². The molecule has 0 fully saturated rings. The minimum Gasteiger partial charge on any atom is -0.507 e. The summed E-state index contributed by atoms with van der Waals surface area (Å²) in [6, 6.07) is 33.1. The third kappa shape index (κ3) is 8.99. The van der Waals surface area contributed by atoms with Crippen LogP contribution in [0.15, 0.2) is 138 Å². The van der Waals surface area contributed by atoms with Gasteiger partial charge in [-0.3, -0.25) is 24.5 Å². The minimum absolute atomic E-state index is 0.123. The predicted molar refractivity (Wildman–Crippen MR) is 189 cm³/mol. The molecule has 50 heavy (non-hydrogen) atoms. The van der Waals surface area contributed by atoms with Crippen LogP contribution in [0.25, 0.3) is 6.08 Å². The first-order valence-electron chi connectivity index (χ1n) is 14.9. The van der Waals surface area contributed by atoms with E-state index in [0.717, 1.165) is 6.07 Å². The summed E-state index contributed by atoms with van der Waals surface area (Å²) in [6.07, 6.45) is 1.40. The van der Waals surface area contributed by atoms with E-state index in [2.05, 4.69) is 16.0 Å². The fourth-order valence-electron chi connectivity index (χ4n) is 4.68. The second-order valence-corrected chi connectivity index (χ2v) is 11.8. The lowest BCUT2D eigenvalue weighted by molar-refractivity contribution is -0.384. The molecule has 1 atom stereocenters. The van der Waals surface area contributed by atoms with Crippen LogP contribution in [0.5, 0.6) is 5.75 Å². The molecule has 0 heterocycles. The lowest BCUT2D eigenvalue weighted by Crippen LogP contribution is -2.30. The van der Waals surface area contributed by atoms with Crippen molar-refractivity contribution >= 4 is 58.6 Å². The molecular formula is C37H28N4O8S. The van der Waals surface area contributed by atoms with E-state index in [1.807, 2.05) is 0 Å². The molecular weight excluding hydrogens is 660 g/mol. The van der Waals surface area contributed by atoms with E-state index in [9.17, 15) is 39.5 Å². The van der Waals surface area contributed by atoms with Gasteiger partial charge in [-0.2, -0.15) is 0 Å². The maximum atomic E-state index is 13.6. The number of carboxylic acids is 1. The first-order chi connectivity index (χ1) is 24.1. The summed E-state index contributed by atoms with van der Waals surface area (Å²) >= 11 is 1.18. The molecule has 0 aromatic heterocycles. The van der Waals surface area contributed by atoms with Gasteiger partial charge in [-0.05, 0) is 77.9 Å². The zero-order valence-corrected chi connectivity index (χ0v) is 26.8. The van der Waals surface area contributed by atoms with Crippen molar-refractivity contribution in [2.45, 2.75) is 10.1 Å². The Labute approximate surface area is 289 Å². The number of nitro groups is 1. The van der Waals surface area contributed by atoms with Crippen LogP contribution >= 0.6 is 11.8 Å². The fraction of sp³-hybridized carbons (Fsp3) is 0.0270. The molecule has 5 aromatic carbocycles. The highest BCUT2D eigenvalue weighted by Gasteiger charge is 2.24. The number of anilines is 2. The smallest absolute Gasteiger partial charge is 0.339 e. The number of nitrogens with one attached hydrogen (secondary N) is 3.